The lowest BCUT2D eigenvalue weighted by atomic mass is 10.0. The van der Waals surface area contributed by atoms with Gasteiger partial charge in [0, 0.05) is 0 Å². The summed E-state index contributed by atoms with van der Waals surface area (Å²) in [6, 6.07) is 0. The van der Waals surface area contributed by atoms with E-state index in [1.807, 2.05) is 0 Å². The summed E-state index contributed by atoms with van der Waals surface area (Å²) >= 11 is 0. The molecule has 2 saturated heterocycles. The highest BCUT2D eigenvalue weighted by Gasteiger charge is 2.23. The zero-order chi connectivity index (χ0) is 17.1. The lowest BCUT2D eigenvalue weighted by Crippen LogP contribution is -2.47. The second-order valence-electron chi connectivity index (χ2n) is 9.53. The van der Waals surface area contributed by atoms with Crippen molar-refractivity contribution in [1.82, 2.24) is 0 Å². The predicted octanol–water partition coefficient (Wildman–Crippen LogP) is 5.37. The van der Waals surface area contributed by atoms with Gasteiger partial charge in [0.25, 0.3) is 0 Å². The van der Waals surface area contributed by atoms with Crippen molar-refractivity contribution in [2.45, 2.75) is 89.9 Å². The minimum atomic E-state index is 1.37. The van der Waals surface area contributed by atoms with Gasteiger partial charge in [0.1, 0.15) is 0 Å². The third-order valence-electron chi connectivity index (χ3n) is 6.94. The van der Waals surface area contributed by atoms with E-state index in [4.69, 9.17) is 0 Å². The molecule has 0 unspecified atom stereocenters. The Morgan fingerprint density at radius 2 is 0.708 bits per heavy atom. The Kier molecular flexibility index (Phi) is 9.11. The van der Waals surface area contributed by atoms with Crippen LogP contribution in [0.3, 0.4) is 0 Å². The van der Waals surface area contributed by atoms with E-state index in [9.17, 15) is 0 Å². The van der Waals surface area contributed by atoms with Gasteiger partial charge in [-0.2, -0.15) is 0 Å². The average Bonchev–Trinajstić information content (AvgIpc) is 2.52. The van der Waals surface area contributed by atoms with Gasteiger partial charge in [-0.25, -0.2) is 0 Å². The Balaban J connectivity index is 1.56. The molecule has 2 heteroatoms. The Bertz CT molecular complexity index is 278. The van der Waals surface area contributed by atoms with Crippen molar-refractivity contribution in [3.05, 3.63) is 0 Å². The normalized spacial score (nSPS) is 25.2. The fourth-order valence-electron chi connectivity index (χ4n) is 5.05. The van der Waals surface area contributed by atoms with Crippen LogP contribution < -0.4 is 0 Å². The van der Waals surface area contributed by atoms with Gasteiger partial charge in [-0.1, -0.05) is 12.8 Å². The number of quaternary nitrogens is 2. The smallest absolute Gasteiger partial charge is 0.0784 e. The monoisotopic (exact) mass is 338 g/mol. The fraction of sp³-hybridized carbons (Fsp3) is 1.00. The molecule has 0 aromatic heterocycles. The van der Waals surface area contributed by atoms with Crippen LogP contribution in [0, 0.1) is 0 Å². The molecule has 2 aliphatic heterocycles. The second kappa shape index (κ2) is 10.8. The first-order chi connectivity index (χ1) is 11.6. The fourth-order valence-corrected chi connectivity index (χ4v) is 5.05. The molecule has 0 radical (unpaired) electrons. The largest absolute Gasteiger partial charge is 0.326 e. The standard InChI is InChI=1S/C22H46N2/c1-23(17-11-5-3-6-12-18-23)21-15-9-10-16-22-24(2)19-13-7-4-8-14-20-24/h3-22H2,1-2H3/q+2. The van der Waals surface area contributed by atoms with Crippen LogP contribution in [-0.2, 0) is 0 Å². The number of hydrogen-bond donors (Lipinski definition) is 0. The van der Waals surface area contributed by atoms with Crippen LogP contribution in [0.5, 0.6) is 0 Å². The number of rotatable bonds is 7. The Morgan fingerprint density at radius 3 is 1.04 bits per heavy atom. The molecule has 2 rings (SSSR count). The van der Waals surface area contributed by atoms with Crippen molar-refractivity contribution < 1.29 is 8.97 Å². The second-order valence-corrected chi connectivity index (χ2v) is 9.53. The van der Waals surface area contributed by atoms with E-state index in [0.717, 1.165) is 0 Å². The lowest BCUT2D eigenvalue weighted by molar-refractivity contribution is -0.911. The molecule has 2 nitrogen and oxygen atoms in total. The third-order valence-corrected chi connectivity index (χ3v) is 6.94. The third kappa shape index (κ3) is 7.87. The summed E-state index contributed by atoms with van der Waals surface area (Å²) in [5.74, 6) is 0. The molecule has 0 aromatic carbocycles. The summed E-state index contributed by atoms with van der Waals surface area (Å²) in [7, 11) is 5.05. The van der Waals surface area contributed by atoms with Gasteiger partial charge in [-0.15, -0.1) is 0 Å². The highest BCUT2D eigenvalue weighted by molar-refractivity contribution is 4.54. The van der Waals surface area contributed by atoms with Gasteiger partial charge in [-0.05, 0) is 77.0 Å². The van der Waals surface area contributed by atoms with E-state index in [-0.39, 0.29) is 0 Å². The van der Waals surface area contributed by atoms with Crippen LogP contribution in [0.1, 0.15) is 89.9 Å². The van der Waals surface area contributed by atoms with Crippen LogP contribution in [0.4, 0.5) is 0 Å². The molecule has 0 spiro atoms. The van der Waals surface area contributed by atoms with Crippen LogP contribution in [0.2, 0.25) is 0 Å². The number of unbranched alkanes of at least 4 members (excludes halogenated alkanes) is 3. The van der Waals surface area contributed by atoms with E-state index in [1.165, 1.54) is 138 Å². The molecule has 0 N–H and O–H groups in total. The SMILES string of the molecule is C[N+]1(CCCCCC[N+]2(C)CCCCCCC2)CCCCCCC1. The number of likely N-dealkylation sites (tertiary alicyclic amines) is 2. The first kappa shape index (κ1) is 20.2. The van der Waals surface area contributed by atoms with Gasteiger partial charge < -0.3 is 8.97 Å². The summed E-state index contributed by atoms with van der Waals surface area (Å²) < 4.78 is 2.74. The van der Waals surface area contributed by atoms with Gasteiger partial charge in [0.15, 0.2) is 0 Å². The minimum Gasteiger partial charge on any atom is -0.326 e. The lowest BCUT2D eigenvalue weighted by Gasteiger charge is -2.37. The van der Waals surface area contributed by atoms with Crippen molar-refractivity contribution in [1.29, 1.82) is 0 Å². The van der Waals surface area contributed by atoms with Crippen molar-refractivity contribution in [2.24, 2.45) is 0 Å². The predicted molar refractivity (Wildman–Crippen MR) is 106 cm³/mol. The van der Waals surface area contributed by atoms with Gasteiger partial charge in [-0.3, -0.25) is 0 Å². The van der Waals surface area contributed by atoms with Crippen LogP contribution in [0.25, 0.3) is 0 Å². The summed E-state index contributed by atoms with van der Waals surface area (Å²) in [4.78, 5) is 0. The summed E-state index contributed by atoms with van der Waals surface area (Å²) in [6.07, 6.45) is 20.6. The minimum absolute atomic E-state index is 1.37. The van der Waals surface area contributed by atoms with E-state index in [2.05, 4.69) is 14.1 Å². The van der Waals surface area contributed by atoms with Gasteiger partial charge in [0.2, 0.25) is 0 Å². The maximum atomic E-state index is 2.53. The highest BCUT2D eigenvalue weighted by Crippen LogP contribution is 2.19. The molecule has 0 atom stereocenters. The summed E-state index contributed by atoms with van der Waals surface area (Å²) in [5, 5.41) is 0. The van der Waals surface area contributed by atoms with Crippen LogP contribution in [0.15, 0.2) is 0 Å². The molecule has 2 heterocycles. The quantitative estimate of drug-likeness (QED) is 0.432. The Hall–Kier alpha value is -0.0800. The molecule has 2 aliphatic rings. The van der Waals surface area contributed by atoms with E-state index in [1.54, 1.807) is 0 Å². The molecule has 0 aliphatic carbocycles. The number of nitrogens with zero attached hydrogens (tertiary/aromatic N) is 2. The van der Waals surface area contributed by atoms with Crippen molar-refractivity contribution in [3.63, 3.8) is 0 Å². The molecule has 0 amide bonds. The molecule has 2 fully saturated rings. The maximum Gasteiger partial charge on any atom is 0.0784 e. The van der Waals surface area contributed by atoms with Crippen molar-refractivity contribution in [3.8, 4) is 0 Å². The Labute approximate surface area is 152 Å². The summed E-state index contributed by atoms with van der Waals surface area (Å²) in [6.45, 7) is 8.63. The van der Waals surface area contributed by atoms with E-state index < -0.39 is 0 Å². The van der Waals surface area contributed by atoms with Crippen molar-refractivity contribution >= 4 is 0 Å². The molecule has 0 bridgehead atoms. The van der Waals surface area contributed by atoms with E-state index in [0.29, 0.717) is 0 Å². The van der Waals surface area contributed by atoms with Crippen LogP contribution in [-0.4, -0.2) is 62.3 Å². The molecule has 0 saturated carbocycles. The number of hydrogen-bond acceptors (Lipinski definition) is 0. The molecule has 24 heavy (non-hydrogen) atoms. The van der Waals surface area contributed by atoms with E-state index >= 15 is 0 Å². The highest BCUT2D eigenvalue weighted by atomic mass is 15.3. The molecule has 0 aromatic rings. The summed E-state index contributed by atoms with van der Waals surface area (Å²) in [5.41, 5.74) is 0. The molecular formula is C22H46N2+2. The topological polar surface area (TPSA) is 0 Å². The maximum absolute atomic E-state index is 2.53. The average molecular weight is 339 g/mol. The Morgan fingerprint density at radius 1 is 0.417 bits per heavy atom. The zero-order valence-electron chi connectivity index (χ0n) is 17.0. The zero-order valence-corrected chi connectivity index (χ0v) is 17.0. The van der Waals surface area contributed by atoms with Gasteiger partial charge >= 0.3 is 0 Å². The first-order valence-electron chi connectivity index (χ1n) is 11.3. The molecule has 142 valence electrons. The first-order valence-corrected chi connectivity index (χ1v) is 11.3. The van der Waals surface area contributed by atoms with Crippen molar-refractivity contribution in [2.75, 3.05) is 53.4 Å². The molecular weight excluding hydrogens is 292 g/mol. The van der Waals surface area contributed by atoms with Gasteiger partial charge in [0.05, 0.1) is 53.4 Å². The van der Waals surface area contributed by atoms with Crippen LogP contribution >= 0.6 is 0 Å².